The summed E-state index contributed by atoms with van der Waals surface area (Å²) in [6.07, 6.45) is 2.65. The van der Waals surface area contributed by atoms with Crippen molar-refractivity contribution in [2.45, 2.75) is 11.2 Å². The number of carbonyl (C=O) groups excluding carboxylic acids is 1. The number of hydrogen-bond acceptors (Lipinski definition) is 5. The lowest BCUT2D eigenvalue weighted by molar-refractivity contribution is 0.0938. The molecular formula is C22H17N3O4S. The molecule has 0 spiro atoms. The summed E-state index contributed by atoms with van der Waals surface area (Å²) in [5.74, 6) is 0.853. The van der Waals surface area contributed by atoms with Crippen LogP contribution in [0.5, 0.6) is 11.5 Å². The molecule has 0 fully saturated rings. The molecule has 1 amide bonds. The maximum atomic E-state index is 13.3. The molecule has 1 aliphatic rings. The Morgan fingerprint density at radius 2 is 1.57 bits per heavy atom. The Balaban J connectivity index is 1.61. The van der Waals surface area contributed by atoms with Crippen molar-refractivity contribution in [2.24, 2.45) is 0 Å². The third kappa shape index (κ3) is 2.93. The zero-order valence-electron chi connectivity index (χ0n) is 15.9. The average molecular weight is 419 g/mol. The van der Waals surface area contributed by atoms with Gasteiger partial charge in [-0.05, 0) is 24.3 Å². The number of fused-ring (bicyclic) bond motifs is 3. The van der Waals surface area contributed by atoms with Gasteiger partial charge in [0.2, 0.25) is 15.0 Å². The van der Waals surface area contributed by atoms with Crippen LogP contribution in [0.2, 0.25) is 0 Å². The van der Waals surface area contributed by atoms with Gasteiger partial charge in [-0.25, -0.2) is 13.4 Å². The molecule has 3 heterocycles. The number of nitrogens with zero attached hydrogens (tertiary/aromatic N) is 2. The first-order valence-electron chi connectivity index (χ1n) is 9.27. The van der Waals surface area contributed by atoms with Crippen molar-refractivity contribution < 1.29 is 17.9 Å². The smallest absolute Gasteiger partial charge is 0.272 e. The molecule has 4 aromatic rings. The topological polar surface area (TPSA) is 89.8 Å². The van der Waals surface area contributed by atoms with Gasteiger partial charge < -0.3 is 10.1 Å². The van der Waals surface area contributed by atoms with Crippen molar-refractivity contribution in [1.29, 1.82) is 0 Å². The molecule has 0 saturated heterocycles. The molecule has 0 saturated carbocycles. The van der Waals surface area contributed by atoms with Crippen molar-refractivity contribution in [3.05, 3.63) is 89.7 Å². The minimum Gasteiger partial charge on any atom is -0.457 e. The van der Waals surface area contributed by atoms with E-state index in [2.05, 4.69) is 10.3 Å². The number of benzene rings is 2. The number of nitrogens with one attached hydrogen (secondary N) is 1. The van der Waals surface area contributed by atoms with E-state index < -0.39 is 21.8 Å². The Kier molecular flexibility index (Phi) is 4.11. The van der Waals surface area contributed by atoms with Crippen LogP contribution in [0, 0.1) is 0 Å². The van der Waals surface area contributed by atoms with Crippen molar-refractivity contribution in [3.8, 4) is 11.5 Å². The molecule has 0 bridgehead atoms. The number of rotatable bonds is 3. The molecule has 0 aliphatic carbocycles. The highest BCUT2D eigenvalue weighted by Crippen LogP contribution is 2.42. The van der Waals surface area contributed by atoms with Gasteiger partial charge in [-0.15, -0.1) is 0 Å². The summed E-state index contributed by atoms with van der Waals surface area (Å²) in [6.45, 7) is 0. The average Bonchev–Trinajstić information content (AvgIpc) is 3.14. The summed E-state index contributed by atoms with van der Waals surface area (Å²) in [6, 6.07) is 19.6. The van der Waals surface area contributed by atoms with Gasteiger partial charge in [0.25, 0.3) is 5.91 Å². The highest BCUT2D eigenvalue weighted by atomic mass is 32.2. The molecule has 5 rings (SSSR count). The molecule has 8 heteroatoms. The minimum absolute atomic E-state index is 0.0532. The van der Waals surface area contributed by atoms with E-state index in [0.717, 1.165) is 17.4 Å². The van der Waals surface area contributed by atoms with Gasteiger partial charge in [-0.1, -0.05) is 42.5 Å². The summed E-state index contributed by atoms with van der Waals surface area (Å²) in [5.41, 5.74) is 2.11. The third-order valence-electron chi connectivity index (χ3n) is 5.02. The second kappa shape index (κ2) is 6.70. The number of hydrogen-bond donors (Lipinski definition) is 1. The summed E-state index contributed by atoms with van der Waals surface area (Å²) >= 11 is 0. The Labute approximate surface area is 172 Å². The number of ether oxygens (including phenoxy) is 1. The normalized spacial score (nSPS) is 13.4. The zero-order valence-corrected chi connectivity index (χ0v) is 16.8. The van der Waals surface area contributed by atoms with Crippen LogP contribution in [-0.2, 0) is 9.84 Å². The quantitative estimate of drug-likeness (QED) is 0.550. The summed E-state index contributed by atoms with van der Waals surface area (Å²) in [7, 11) is -3.62. The van der Waals surface area contributed by atoms with Crippen LogP contribution >= 0.6 is 0 Å². The lowest BCUT2D eigenvalue weighted by Crippen LogP contribution is -2.31. The predicted octanol–water partition coefficient (Wildman–Crippen LogP) is 3.36. The number of sulfone groups is 1. The lowest BCUT2D eigenvalue weighted by Gasteiger charge is -2.28. The number of aromatic nitrogens is 2. The maximum Gasteiger partial charge on any atom is 0.272 e. The van der Waals surface area contributed by atoms with Gasteiger partial charge in [0.05, 0.1) is 11.6 Å². The van der Waals surface area contributed by atoms with Crippen LogP contribution in [0.3, 0.4) is 0 Å². The fourth-order valence-corrected chi connectivity index (χ4v) is 4.48. The first-order valence-corrected chi connectivity index (χ1v) is 11.2. The molecule has 150 valence electrons. The van der Waals surface area contributed by atoms with E-state index in [0.29, 0.717) is 17.0 Å². The Bertz CT molecular complexity index is 1360. The van der Waals surface area contributed by atoms with Gasteiger partial charge >= 0.3 is 0 Å². The highest BCUT2D eigenvalue weighted by Gasteiger charge is 2.30. The van der Waals surface area contributed by atoms with Crippen LogP contribution in [0.25, 0.3) is 5.52 Å². The van der Waals surface area contributed by atoms with E-state index in [9.17, 15) is 13.2 Å². The summed E-state index contributed by atoms with van der Waals surface area (Å²) in [4.78, 5) is 17.4. The van der Waals surface area contributed by atoms with Gasteiger partial charge in [0.15, 0.2) is 5.69 Å². The van der Waals surface area contributed by atoms with E-state index in [1.807, 2.05) is 48.5 Å². The van der Waals surface area contributed by atoms with Crippen molar-refractivity contribution in [2.75, 3.05) is 6.26 Å². The van der Waals surface area contributed by atoms with Crippen LogP contribution < -0.4 is 10.1 Å². The molecule has 0 unspecified atom stereocenters. The minimum atomic E-state index is -3.62. The zero-order chi connectivity index (χ0) is 20.9. The van der Waals surface area contributed by atoms with E-state index in [4.69, 9.17) is 4.74 Å². The molecule has 1 N–H and O–H groups in total. The second-order valence-electron chi connectivity index (χ2n) is 7.06. The van der Waals surface area contributed by atoms with Crippen LogP contribution in [0.15, 0.2) is 78.1 Å². The molecule has 7 nitrogen and oxygen atoms in total. The Morgan fingerprint density at radius 1 is 0.967 bits per heavy atom. The Morgan fingerprint density at radius 3 is 2.20 bits per heavy atom. The van der Waals surface area contributed by atoms with Crippen molar-refractivity contribution in [3.63, 3.8) is 0 Å². The number of para-hydroxylation sites is 2. The third-order valence-corrected chi connectivity index (χ3v) is 5.97. The van der Waals surface area contributed by atoms with Crippen molar-refractivity contribution >= 4 is 21.3 Å². The second-order valence-corrected chi connectivity index (χ2v) is 8.96. The molecule has 0 radical (unpaired) electrons. The molecule has 2 aromatic carbocycles. The standard InChI is InChI=1S/C22H17N3O4S/c1-30(27,28)22-24-20(16-10-6-7-13-25(16)22)21(26)23-19-14-8-2-4-11-17(14)29-18-12-5-3-9-15(18)19/h2-13,19H,1H3,(H,23,26). The van der Waals surface area contributed by atoms with Crippen LogP contribution in [-0.4, -0.2) is 30.0 Å². The van der Waals surface area contributed by atoms with Crippen LogP contribution in [0.1, 0.15) is 27.7 Å². The number of carbonyl (C=O) groups is 1. The molecule has 0 atom stereocenters. The van der Waals surface area contributed by atoms with E-state index >= 15 is 0 Å². The molecule has 30 heavy (non-hydrogen) atoms. The Hall–Kier alpha value is -3.65. The van der Waals surface area contributed by atoms with Crippen LogP contribution in [0.4, 0.5) is 0 Å². The first-order chi connectivity index (χ1) is 14.4. The van der Waals surface area contributed by atoms with E-state index in [1.165, 1.54) is 4.40 Å². The molecule has 1 aliphatic heterocycles. The highest BCUT2D eigenvalue weighted by molar-refractivity contribution is 7.90. The number of imidazole rings is 1. The first kappa shape index (κ1) is 18.4. The van der Waals surface area contributed by atoms with Gasteiger partial charge in [-0.3, -0.25) is 9.20 Å². The number of pyridine rings is 1. The van der Waals surface area contributed by atoms with Gasteiger partial charge in [0.1, 0.15) is 11.5 Å². The summed E-state index contributed by atoms with van der Waals surface area (Å²) in [5, 5.41) is 2.84. The van der Waals surface area contributed by atoms with Gasteiger partial charge in [0, 0.05) is 23.6 Å². The van der Waals surface area contributed by atoms with Crippen molar-refractivity contribution in [1.82, 2.24) is 14.7 Å². The lowest BCUT2D eigenvalue weighted by atomic mass is 9.94. The van der Waals surface area contributed by atoms with E-state index in [1.54, 1.807) is 24.4 Å². The SMILES string of the molecule is CS(=O)(=O)c1nc(C(=O)NC2c3ccccc3Oc3ccccc32)c2ccccn12. The monoisotopic (exact) mass is 419 g/mol. The number of amides is 1. The van der Waals surface area contributed by atoms with Gasteiger partial charge in [-0.2, -0.15) is 0 Å². The molecule has 2 aromatic heterocycles. The fraction of sp³-hybridized carbons (Fsp3) is 0.0909. The molecular weight excluding hydrogens is 402 g/mol. The maximum absolute atomic E-state index is 13.3. The van der Waals surface area contributed by atoms with E-state index in [-0.39, 0.29) is 10.9 Å². The summed E-state index contributed by atoms with van der Waals surface area (Å²) < 4.78 is 31.7. The largest absolute Gasteiger partial charge is 0.457 e. The predicted molar refractivity (Wildman–Crippen MR) is 111 cm³/mol. The fourth-order valence-electron chi connectivity index (χ4n) is 3.70.